The molecule has 25 heavy (non-hydrogen) atoms. The minimum Gasteiger partial charge on any atom is -0.376 e. The van der Waals surface area contributed by atoms with Crippen LogP contribution in [-0.2, 0) is 6.54 Å². The van der Waals surface area contributed by atoms with Crippen LogP contribution in [0.4, 0.5) is 5.69 Å². The molecule has 124 valence electrons. The maximum Gasteiger partial charge on any atom is 0.246 e. The normalized spacial score (nSPS) is 10.8. The van der Waals surface area contributed by atoms with Crippen LogP contribution in [0, 0.1) is 6.92 Å². The molecular formula is C18H15N5OS. The van der Waals surface area contributed by atoms with Crippen LogP contribution in [0.25, 0.3) is 22.6 Å². The van der Waals surface area contributed by atoms with E-state index in [1.807, 2.05) is 54.1 Å². The van der Waals surface area contributed by atoms with Crippen LogP contribution in [-0.4, -0.2) is 20.1 Å². The number of hydrogen-bond acceptors (Lipinski definition) is 7. The number of nitrogens with one attached hydrogen (secondary N) is 1. The van der Waals surface area contributed by atoms with Gasteiger partial charge in [0.2, 0.25) is 11.7 Å². The molecule has 0 bridgehead atoms. The number of aryl methyl sites for hydroxylation is 1. The number of thiophene rings is 1. The Bertz CT molecular complexity index is 981. The summed E-state index contributed by atoms with van der Waals surface area (Å²) in [5.74, 6) is 1.91. The second kappa shape index (κ2) is 6.82. The first-order chi connectivity index (χ1) is 12.3. The molecule has 4 rings (SSSR count). The van der Waals surface area contributed by atoms with E-state index in [0.29, 0.717) is 18.3 Å². The van der Waals surface area contributed by atoms with E-state index in [1.54, 1.807) is 17.5 Å². The highest BCUT2D eigenvalue weighted by molar-refractivity contribution is 7.08. The van der Waals surface area contributed by atoms with Crippen LogP contribution < -0.4 is 5.32 Å². The first-order valence-corrected chi connectivity index (χ1v) is 8.71. The Labute approximate surface area is 148 Å². The van der Waals surface area contributed by atoms with Gasteiger partial charge in [0.15, 0.2) is 0 Å². The van der Waals surface area contributed by atoms with Crippen molar-refractivity contribution in [1.82, 2.24) is 20.1 Å². The zero-order valence-electron chi connectivity index (χ0n) is 13.5. The Hall–Kier alpha value is -3.06. The summed E-state index contributed by atoms with van der Waals surface area (Å²) in [6, 6.07) is 11.9. The van der Waals surface area contributed by atoms with Crippen molar-refractivity contribution >= 4 is 17.0 Å². The van der Waals surface area contributed by atoms with E-state index in [0.717, 1.165) is 28.3 Å². The molecule has 0 spiro atoms. The van der Waals surface area contributed by atoms with Gasteiger partial charge >= 0.3 is 0 Å². The summed E-state index contributed by atoms with van der Waals surface area (Å²) >= 11 is 1.61. The first kappa shape index (κ1) is 15.5. The summed E-state index contributed by atoms with van der Waals surface area (Å²) in [4.78, 5) is 13.0. The molecule has 0 unspecified atom stereocenters. The molecule has 0 aliphatic rings. The van der Waals surface area contributed by atoms with E-state index in [4.69, 9.17) is 4.52 Å². The van der Waals surface area contributed by atoms with Gasteiger partial charge in [0.1, 0.15) is 5.82 Å². The predicted molar refractivity (Wildman–Crippen MR) is 97.1 cm³/mol. The van der Waals surface area contributed by atoms with Crippen molar-refractivity contribution < 1.29 is 4.52 Å². The van der Waals surface area contributed by atoms with Gasteiger partial charge in [-0.3, -0.25) is 0 Å². The highest BCUT2D eigenvalue weighted by Crippen LogP contribution is 2.22. The Morgan fingerprint density at radius 3 is 2.92 bits per heavy atom. The van der Waals surface area contributed by atoms with E-state index >= 15 is 0 Å². The maximum absolute atomic E-state index is 5.30. The number of benzene rings is 1. The van der Waals surface area contributed by atoms with Crippen LogP contribution in [0.1, 0.15) is 11.7 Å². The molecular weight excluding hydrogens is 334 g/mol. The molecule has 0 radical (unpaired) electrons. The highest BCUT2D eigenvalue weighted by atomic mass is 32.1. The molecule has 1 N–H and O–H groups in total. The Morgan fingerprint density at radius 1 is 1.12 bits per heavy atom. The second-order valence-corrected chi connectivity index (χ2v) is 6.23. The maximum atomic E-state index is 5.30. The third-order valence-corrected chi connectivity index (χ3v) is 4.31. The molecule has 1 aromatic carbocycles. The number of hydrogen-bond donors (Lipinski definition) is 1. The van der Waals surface area contributed by atoms with E-state index in [9.17, 15) is 0 Å². The van der Waals surface area contributed by atoms with Crippen molar-refractivity contribution in [3.8, 4) is 22.6 Å². The lowest BCUT2D eigenvalue weighted by Crippen LogP contribution is -2.00. The molecule has 6 nitrogen and oxygen atoms in total. The number of rotatable bonds is 5. The zero-order chi connectivity index (χ0) is 17.1. The van der Waals surface area contributed by atoms with Crippen LogP contribution >= 0.6 is 11.3 Å². The Morgan fingerprint density at radius 2 is 2.08 bits per heavy atom. The highest BCUT2D eigenvalue weighted by Gasteiger charge is 2.09. The van der Waals surface area contributed by atoms with Crippen molar-refractivity contribution in [3.63, 3.8) is 0 Å². The molecule has 0 saturated heterocycles. The third-order valence-electron chi connectivity index (χ3n) is 3.63. The van der Waals surface area contributed by atoms with Gasteiger partial charge in [0.25, 0.3) is 0 Å². The fourth-order valence-corrected chi connectivity index (χ4v) is 3.05. The van der Waals surface area contributed by atoms with Crippen molar-refractivity contribution in [3.05, 3.63) is 65.1 Å². The standard InChI is InChI=1S/C18H15N5OS/c1-12-19-7-5-16(21-12)13-3-2-4-15(9-13)20-10-17-22-18(23-24-17)14-6-8-25-11-14/h2-9,11,20H,10H2,1H3. The summed E-state index contributed by atoms with van der Waals surface area (Å²) in [7, 11) is 0. The van der Waals surface area contributed by atoms with Crippen LogP contribution in [0.5, 0.6) is 0 Å². The molecule has 0 saturated carbocycles. The molecule has 3 heterocycles. The minimum absolute atomic E-state index is 0.462. The molecule has 0 amide bonds. The van der Waals surface area contributed by atoms with Gasteiger partial charge in [-0.15, -0.1) is 0 Å². The summed E-state index contributed by atoms with van der Waals surface area (Å²) in [6.45, 7) is 2.34. The monoisotopic (exact) mass is 349 g/mol. The number of aromatic nitrogens is 4. The van der Waals surface area contributed by atoms with E-state index in [-0.39, 0.29) is 0 Å². The van der Waals surface area contributed by atoms with Gasteiger partial charge in [-0.2, -0.15) is 16.3 Å². The third kappa shape index (κ3) is 3.56. The predicted octanol–water partition coefficient (Wildman–Crippen LogP) is 4.18. The summed E-state index contributed by atoms with van der Waals surface area (Å²) in [5.41, 5.74) is 3.86. The first-order valence-electron chi connectivity index (χ1n) is 7.77. The largest absolute Gasteiger partial charge is 0.376 e. The van der Waals surface area contributed by atoms with Gasteiger partial charge in [-0.1, -0.05) is 17.3 Å². The van der Waals surface area contributed by atoms with Gasteiger partial charge in [-0.25, -0.2) is 9.97 Å². The lowest BCUT2D eigenvalue weighted by Gasteiger charge is -2.06. The Balaban J connectivity index is 1.47. The molecule has 3 aromatic heterocycles. The van der Waals surface area contributed by atoms with Gasteiger partial charge in [0.05, 0.1) is 12.2 Å². The van der Waals surface area contributed by atoms with E-state index in [2.05, 4.69) is 25.4 Å². The van der Waals surface area contributed by atoms with Gasteiger partial charge in [0, 0.05) is 28.4 Å². The van der Waals surface area contributed by atoms with E-state index in [1.165, 1.54) is 0 Å². The van der Waals surface area contributed by atoms with Gasteiger partial charge < -0.3 is 9.84 Å². The summed E-state index contributed by atoms with van der Waals surface area (Å²) in [6.07, 6.45) is 1.77. The number of anilines is 1. The summed E-state index contributed by atoms with van der Waals surface area (Å²) in [5, 5.41) is 11.3. The number of nitrogens with zero attached hydrogens (tertiary/aromatic N) is 4. The smallest absolute Gasteiger partial charge is 0.246 e. The molecule has 7 heteroatoms. The lowest BCUT2D eigenvalue weighted by molar-refractivity contribution is 0.384. The topological polar surface area (TPSA) is 76.7 Å². The minimum atomic E-state index is 0.462. The molecule has 0 aliphatic carbocycles. The fourth-order valence-electron chi connectivity index (χ4n) is 2.42. The fraction of sp³-hybridized carbons (Fsp3) is 0.111. The Kier molecular flexibility index (Phi) is 4.22. The van der Waals surface area contributed by atoms with Gasteiger partial charge in [-0.05, 0) is 36.6 Å². The van der Waals surface area contributed by atoms with Crippen molar-refractivity contribution in [2.75, 3.05) is 5.32 Å². The average Bonchev–Trinajstić information content (AvgIpc) is 3.32. The van der Waals surface area contributed by atoms with Crippen molar-refractivity contribution in [2.45, 2.75) is 13.5 Å². The zero-order valence-corrected chi connectivity index (χ0v) is 14.3. The van der Waals surface area contributed by atoms with Crippen LogP contribution in [0.15, 0.2) is 57.9 Å². The molecule has 0 fully saturated rings. The SMILES string of the molecule is Cc1nccc(-c2cccc(NCc3nc(-c4ccsc4)no3)c2)n1. The van der Waals surface area contributed by atoms with Crippen LogP contribution in [0.3, 0.4) is 0 Å². The summed E-state index contributed by atoms with van der Waals surface area (Å²) < 4.78 is 5.30. The van der Waals surface area contributed by atoms with Crippen molar-refractivity contribution in [2.24, 2.45) is 0 Å². The van der Waals surface area contributed by atoms with Crippen molar-refractivity contribution in [1.29, 1.82) is 0 Å². The molecule has 0 aliphatic heterocycles. The quantitative estimate of drug-likeness (QED) is 0.582. The molecule has 4 aromatic rings. The van der Waals surface area contributed by atoms with Crippen LogP contribution in [0.2, 0.25) is 0 Å². The average molecular weight is 349 g/mol. The molecule has 0 atom stereocenters. The second-order valence-electron chi connectivity index (χ2n) is 5.45. The lowest BCUT2D eigenvalue weighted by atomic mass is 10.1. The van der Waals surface area contributed by atoms with E-state index < -0.39 is 0 Å².